The van der Waals surface area contributed by atoms with Gasteiger partial charge in [-0.3, -0.25) is 14.4 Å². The van der Waals surface area contributed by atoms with Crippen LogP contribution in [0.15, 0.2) is 24.3 Å². The first-order chi connectivity index (χ1) is 11.5. The summed E-state index contributed by atoms with van der Waals surface area (Å²) in [5.74, 6) is -0.507. The highest BCUT2D eigenvalue weighted by Crippen LogP contribution is 2.30. The van der Waals surface area contributed by atoms with Crippen LogP contribution in [0, 0.1) is 5.92 Å². The topological polar surface area (TPSA) is 78.5 Å². The maximum absolute atomic E-state index is 12.5. The molecule has 3 rings (SSSR count). The Bertz CT molecular complexity index is 653. The number of hydrogen-bond acceptors (Lipinski definition) is 3. The lowest BCUT2D eigenvalue weighted by atomic mass is 10.1. The minimum absolute atomic E-state index is 0.0917. The number of nitrogens with one attached hydrogen (secondary N) is 2. The van der Waals surface area contributed by atoms with Crippen LogP contribution in [-0.2, 0) is 14.4 Å². The quantitative estimate of drug-likeness (QED) is 0.890. The molecular weight excluding hydrogens is 306 g/mol. The van der Waals surface area contributed by atoms with Gasteiger partial charge in [-0.15, -0.1) is 0 Å². The predicted molar refractivity (Wildman–Crippen MR) is 91.5 cm³/mol. The third-order valence-corrected chi connectivity index (χ3v) is 4.75. The van der Waals surface area contributed by atoms with Gasteiger partial charge in [0.15, 0.2) is 0 Å². The standard InChI is InChI=1S/C18H23N3O3/c1-12(22)19-14-5-4-6-15(10-14)20-18(24)13-9-17(23)21(11-13)16-7-2-3-8-16/h4-6,10,13,16H,2-3,7-9,11H2,1H3,(H,19,22)(H,20,24). The van der Waals surface area contributed by atoms with E-state index >= 15 is 0 Å². The van der Waals surface area contributed by atoms with Gasteiger partial charge in [-0.05, 0) is 31.0 Å². The molecule has 0 spiro atoms. The van der Waals surface area contributed by atoms with Crippen molar-refractivity contribution in [3.8, 4) is 0 Å². The van der Waals surface area contributed by atoms with Crippen molar-refractivity contribution in [2.45, 2.75) is 45.1 Å². The molecule has 6 heteroatoms. The average molecular weight is 329 g/mol. The molecule has 1 atom stereocenters. The van der Waals surface area contributed by atoms with Crippen LogP contribution >= 0.6 is 0 Å². The lowest BCUT2D eigenvalue weighted by Crippen LogP contribution is -2.35. The number of nitrogens with zero attached hydrogens (tertiary/aromatic N) is 1. The van der Waals surface area contributed by atoms with Crippen molar-refractivity contribution in [3.63, 3.8) is 0 Å². The first kappa shape index (κ1) is 16.5. The number of rotatable bonds is 4. The van der Waals surface area contributed by atoms with Gasteiger partial charge in [0.1, 0.15) is 0 Å². The van der Waals surface area contributed by atoms with Crippen LogP contribution in [0.2, 0.25) is 0 Å². The molecule has 1 aliphatic heterocycles. The molecule has 1 aromatic rings. The summed E-state index contributed by atoms with van der Waals surface area (Å²) in [5, 5.41) is 5.55. The van der Waals surface area contributed by atoms with Crippen LogP contribution in [-0.4, -0.2) is 35.2 Å². The lowest BCUT2D eigenvalue weighted by Gasteiger charge is -2.23. The van der Waals surface area contributed by atoms with E-state index in [9.17, 15) is 14.4 Å². The molecule has 1 aliphatic carbocycles. The molecule has 128 valence electrons. The second-order valence-electron chi connectivity index (χ2n) is 6.64. The van der Waals surface area contributed by atoms with Crippen LogP contribution in [0.4, 0.5) is 11.4 Å². The van der Waals surface area contributed by atoms with Crippen molar-refractivity contribution in [2.24, 2.45) is 5.92 Å². The highest BCUT2D eigenvalue weighted by molar-refractivity contribution is 5.98. The second kappa shape index (κ2) is 7.03. The third-order valence-electron chi connectivity index (χ3n) is 4.75. The molecule has 1 aromatic carbocycles. The minimum atomic E-state index is -0.303. The van der Waals surface area contributed by atoms with Gasteiger partial charge >= 0.3 is 0 Å². The van der Waals surface area contributed by atoms with Gasteiger partial charge in [-0.2, -0.15) is 0 Å². The summed E-state index contributed by atoms with van der Waals surface area (Å²) in [4.78, 5) is 37.7. The van der Waals surface area contributed by atoms with Crippen molar-refractivity contribution in [1.29, 1.82) is 0 Å². The smallest absolute Gasteiger partial charge is 0.229 e. The molecular formula is C18H23N3O3. The number of benzene rings is 1. The summed E-state index contributed by atoms with van der Waals surface area (Å²) < 4.78 is 0. The minimum Gasteiger partial charge on any atom is -0.339 e. The molecule has 2 N–H and O–H groups in total. The zero-order valence-corrected chi connectivity index (χ0v) is 13.9. The molecule has 2 fully saturated rings. The van der Waals surface area contributed by atoms with Crippen molar-refractivity contribution in [3.05, 3.63) is 24.3 Å². The van der Waals surface area contributed by atoms with E-state index in [1.54, 1.807) is 24.3 Å². The van der Waals surface area contributed by atoms with Crippen LogP contribution in [0.25, 0.3) is 0 Å². The van der Waals surface area contributed by atoms with E-state index in [0.717, 1.165) is 12.8 Å². The molecule has 6 nitrogen and oxygen atoms in total. The molecule has 0 radical (unpaired) electrons. The normalized spacial score (nSPS) is 21.1. The highest BCUT2D eigenvalue weighted by atomic mass is 16.2. The Labute approximate surface area is 141 Å². The number of likely N-dealkylation sites (tertiary alicyclic amines) is 1. The lowest BCUT2D eigenvalue weighted by molar-refractivity contribution is -0.130. The Hall–Kier alpha value is -2.37. The number of anilines is 2. The molecule has 1 unspecified atom stereocenters. The third kappa shape index (κ3) is 3.75. The van der Waals surface area contributed by atoms with Crippen molar-refractivity contribution >= 4 is 29.1 Å². The summed E-state index contributed by atoms with van der Waals surface area (Å²) in [6.45, 7) is 1.95. The Morgan fingerprint density at radius 3 is 2.46 bits per heavy atom. The summed E-state index contributed by atoms with van der Waals surface area (Å²) in [6, 6.07) is 7.33. The van der Waals surface area contributed by atoms with Gasteiger partial charge in [0.2, 0.25) is 17.7 Å². The summed E-state index contributed by atoms with van der Waals surface area (Å²) in [6.07, 6.45) is 4.73. The summed E-state index contributed by atoms with van der Waals surface area (Å²) in [5.41, 5.74) is 1.26. The molecule has 1 heterocycles. The molecule has 24 heavy (non-hydrogen) atoms. The molecule has 3 amide bonds. The highest BCUT2D eigenvalue weighted by Gasteiger charge is 2.38. The molecule has 2 aliphatic rings. The maximum Gasteiger partial charge on any atom is 0.229 e. The van der Waals surface area contributed by atoms with Crippen LogP contribution in [0.5, 0.6) is 0 Å². The van der Waals surface area contributed by atoms with E-state index in [1.165, 1.54) is 19.8 Å². The monoisotopic (exact) mass is 329 g/mol. The molecule has 1 saturated heterocycles. The van der Waals surface area contributed by atoms with Crippen molar-refractivity contribution in [2.75, 3.05) is 17.2 Å². The largest absolute Gasteiger partial charge is 0.339 e. The van der Waals surface area contributed by atoms with Gasteiger partial charge in [-0.25, -0.2) is 0 Å². The fourth-order valence-electron chi connectivity index (χ4n) is 3.60. The first-order valence-electron chi connectivity index (χ1n) is 8.51. The van der Waals surface area contributed by atoms with Crippen molar-refractivity contribution in [1.82, 2.24) is 4.90 Å². The first-order valence-corrected chi connectivity index (χ1v) is 8.51. The number of carbonyl (C=O) groups is 3. The van der Waals surface area contributed by atoms with Gasteiger partial charge in [0, 0.05) is 37.3 Å². The number of carbonyl (C=O) groups excluding carboxylic acids is 3. The van der Waals surface area contributed by atoms with Gasteiger partial charge in [0.05, 0.1) is 5.92 Å². The van der Waals surface area contributed by atoms with Gasteiger partial charge in [0.25, 0.3) is 0 Å². The van der Waals surface area contributed by atoms with Crippen molar-refractivity contribution < 1.29 is 14.4 Å². The average Bonchev–Trinajstić information content (AvgIpc) is 3.16. The SMILES string of the molecule is CC(=O)Nc1cccc(NC(=O)C2CC(=O)N(C3CCCC3)C2)c1. The predicted octanol–water partition coefficient (Wildman–Crippen LogP) is 2.37. The zero-order valence-electron chi connectivity index (χ0n) is 13.9. The molecule has 0 aromatic heterocycles. The van der Waals surface area contributed by atoms with Crippen LogP contribution in [0.1, 0.15) is 39.0 Å². The number of hydrogen-bond donors (Lipinski definition) is 2. The van der Waals surface area contributed by atoms with E-state index in [2.05, 4.69) is 10.6 Å². The Balaban J connectivity index is 1.61. The Morgan fingerprint density at radius 1 is 1.12 bits per heavy atom. The fraction of sp³-hybridized carbons (Fsp3) is 0.500. The fourth-order valence-corrected chi connectivity index (χ4v) is 3.60. The van der Waals surface area contributed by atoms with Crippen LogP contribution < -0.4 is 10.6 Å². The van der Waals surface area contributed by atoms with E-state index in [-0.39, 0.29) is 30.1 Å². The Morgan fingerprint density at radius 2 is 1.79 bits per heavy atom. The zero-order chi connectivity index (χ0) is 17.1. The van der Waals surface area contributed by atoms with E-state index in [1.807, 2.05) is 4.90 Å². The molecule has 0 bridgehead atoms. The summed E-state index contributed by atoms with van der Waals surface area (Å²) >= 11 is 0. The van der Waals surface area contributed by atoms with Gasteiger partial charge < -0.3 is 15.5 Å². The molecule has 1 saturated carbocycles. The second-order valence-corrected chi connectivity index (χ2v) is 6.64. The van der Waals surface area contributed by atoms with Gasteiger partial charge in [-0.1, -0.05) is 18.9 Å². The van der Waals surface area contributed by atoms with E-state index < -0.39 is 0 Å². The summed E-state index contributed by atoms with van der Waals surface area (Å²) in [7, 11) is 0. The maximum atomic E-state index is 12.5. The van der Waals surface area contributed by atoms with E-state index in [0.29, 0.717) is 24.0 Å². The van der Waals surface area contributed by atoms with E-state index in [4.69, 9.17) is 0 Å². The van der Waals surface area contributed by atoms with Crippen LogP contribution in [0.3, 0.4) is 0 Å². The number of amides is 3. The Kier molecular flexibility index (Phi) is 4.83.